The molecular weight excluding hydrogens is 501 g/mol. The topological polar surface area (TPSA) is 64.1 Å². The summed E-state index contributed by atoms with van der Waals surface area (Å²) >= 11 is 4.47. The Labute approximate surface area is 191 Å². The van der Waals surface area contributed by atoms with Crippen LogP contribution in [0.4, 0.5) is 4.39 Å². The van der Waals surface area contributed by atoms with Crippen molar-refractivity contribution in [3.8, 4) is 21.7 Å². The van der Waals surface area contributed by atoms with E-state index in [2.05, 4.69) is 20.9 Å². The Balaban J connectivity index is 1.93. The molecule has 0 saturated heterocycles. The molecular formula is C23H15BrFNO3S2. The first-order valence-corrected chi connectivity index (χ1v) is 12.6. The maximum absolute atomic E-state index is 13.5. The van der Waals surface area contributed by atoms with Crippen LogP contribution in [0.2, 0.25) is 0 Å². The number of benzene rings is 3. The molecule has 0 aliphatic carbocycles. The predicted molar refractivity (Wildman–Crippen MR) is 124 cm³/mol. The number of carbonyl (C=O) groups is 1. The highest BCUT2D eigenvalue weighted by Gasteiger charge is 2.24. The van der Waals surface area contributed by atoms with Gasteiger partial charge in [0.1, 0.15) is 5.82 Å². The Bertz CT molecular complexity index is 1380. The fourth-order valence-corrected chi connectivity index (χ4v) is 5.42. The molecule has 3 aromatic carbocycles. The van der Waals surface area contributed by atoms with Gasteiger partial charge in [-0.15, -0.1) is 11.3 Å². The minimum atomic E-state index is -3.53. The number of aromatic nitrogens is 1. The van der Waals surface area contributed by atoms with Crippen molar-refractivity contribution in [1.29, 1.82) is 0 Å². The Morgan fingerprint density at radius 3 is 2.26 bits per heavy atom. The summed E-state index contributed by atoms with van der Waals surface area (Å²) < 4.78 is 39.1. The molecule has 0 saturated carbocycles. The van der Waals surface area contributed by atoms with Gasteiger partial charge < -0.3 is 0 Å². The average Bonchev–Trinajstić information content (AvgIpc) is 3.19. The van der Waals surface area contributed by atoms with Crippen LogP contribution in [0.3, 0.4) is 0 Å². The molecule has 8 heteroatoms. The lowest BCUT2D eigenvalue weighted by molar-refractivity contribution is 0.103. The van der Waals surface area contributed by atoms with Crippen LogP contribution in [0.5, 0.6) is 0 Å². The van der Waals surface area contributed by atoms with E-state index in [-0.39, 0.29) is 15.7 Å². The van der Waals surface area contributed by atoms with Gasteiger partial charge in [-0.25, -0.2) is 17.8 Å². The van der Waals surface area contributed by atoms with Crippen molar-refractivity contribution in [3.05, 3.63) is 93.7 Å². The third kappa shape index (κ3) is 4.51. The van der Waals surface area contributed by atoms with Gasteiger partial charge in [0.15, 0.2) is 14.8 Å². The standard InChI is InChI=1S/C23H15BrFNO3S2/c1-31(28,29)19-5-3-2-4-18(19)22-20(14-8-12-17(25)13-9-14)26-23(30-22)21(27)15-6-10-16(24)11-7-15/h2-13H,1H3. The predicted octanol–water partition coefficient (Wildman–Crippen LogP) is 6.01. The van der Waals surface area contributed by atoms with Crippen LogP contribution in [-0.4, -0.2) is 25.4 Å². The molecule has 0 amide bonds. The molecule has 0 aliphatic rings. The van der Waals surface area contributed by atoms with Crippen LogP contribution in [0.15, 0.2) is 82.2 Å². The smallest absolute Gasteiger partial charge is 0.221 e. The fourth-order valence-electron chi connectivity index (χ4n) is 3.11. The number of ketones is 1. The molecule has 0 unspecified atom stereocenters. The lowest BCUT2D eigenvalue weighted by atomic mass is 10.1. The highest BCUT2D eigenvalue weighted by Crippen LogP contribution is 2.40. The molecule has 0 radical (unpaired) electrons. The summed E-state index contributed by atoms with van der Waals surface area (Å²) in [5, 5.41) is 0.222. The number of halogens is 2. The third-order valence-electron chi connectivity index (χ3n) is 4.58. The first-order chi connectivity index (χ1) is 14.7. The first-order valence-electron chi connectivity index (χ1n) is 9.10. The van der Waals surface area contributed by atoms with Crippen LogP contribution in [-0.2, 0) is 9.84 Å². The molecule has 0 N–H and O–H groups in total. The Kier molecular flexibility index (Phi) is 5.88. The van der Waals surface area contributed by atoms with E-state index >= 15 is 0 Å². The van der Waals surface area contributed by atoms with E-state index in [0.29, 0.717) is 27.3 Å². The van der Waals surface area contributed by atoms with Crippen molar-refractivity contribution in [3.63, 3.8) is 0 Å². The van der Waals surface area contributed by atoms with Crippen molar-refractivity contribution in [1.82, 2.24) is 4.98 Å². The number of hydrogen-bond donors (Lipinski definition) is 0. The van der Waals surface area contributed by atoms with Crippen molar-refractivity contribution in [2.75, 3.05) is 6.26 Å². The van der Waals surface area contributed by atoms with Gasteiger partial charge in [-0.1, -0.05) is 34.1 Å². The number of sulfone groups is 1. The largest absolute Gasteiger partial charge is 0.286 e. The van der Waals surface area contributed by atoms with Crippen molar-refractivity contribution in [2.45, 2.75) is 4.90 Å². The SMILES string of the molecule is CS(=O)(=O)c1ccccc1-c1sc(C(=O)c2ccc(Br)cc2)nc1-c1ccc(F)cc1. The zero-order chi connectivity index (χ0) is 22.2. The van der Waals surface area contributed by atoms with Crippen LogP contribution < -0.4 is 0 Å². The lowest BCUT2D eigenvalue weighted by Gasteiger charge is -2.08. The summed E-state index contributed by atoms with van der Waals surface area (Å²) in [5.74, 6) is -0.674. The average molecular weight is 516 g/mol. The minimum absolute atomic E-state index is 0.143. The molecule has 156 valence electrons. The quantitative estimate of drug-likeness (QED) is 0.305. The normalized spacial score (nSPS) is 11.5. The van der Waals surface area contributed by atoms with Gasteiger partial charge >= 0.3 is 0 Å². The molecule has 0 bridgehead atoms. The molecule has 1 aromatic heterocycles. The molecule has 4 rings (SSSR count). The van der Waals surface area contributed by atoms with Gasteiger partial charge in [-0.05, 0) is 54.6 Å². The van der Waals surface area contributed by atoms with Crippen LogP contribution >= 0.6 is 27.3 Å². The molecule has 4 aromatic rings. The molecule has 0 atom stereocenters. The molecule has 0 aliphatic heterocycles. The second-order valence-corrected chi connectivity index (χ2v) is 10.7. The third-order valence-corrected chi connectivity index (χ3v) is 7.35. The number of rotatable bonds is 5. The summed E-state index contributed by atoms with van der Waals surface area (Å²) in [4.78, 5) is 18.3. The van der Waals surface area contributed by atoms with E-state index in [9.17, 15) is 17.6 Å². The Morgan fingerprint density at radius 2 is 1.61 bits per heavy atom. The lowest BCUT2D eigenvalue weighted by Crippen LogP contribution is -2.00. The van der Waals surface area contributed by atoms with E-state index in [0.717, 1.165) is 22.1 Å². The summed E-state index contributed by atoms with van der Waals surface area (Å²) in [6.07, 6.45) is 1.14. The van der Waals surface area contributed by atoms with Gasteiger partial charge in [-0.3, -0.25) is 4.79 Å². The van der Waals surface area contributed by atoms with E-state index < -0.39 is 15.7 Å². The number of thiazole rings is 1. The van der Waals surface area contributed by atoms with Gasteiger partial charge in [-0.2, -0.15) is 0 Å². The zero-order valence-electron chi connectivity index (χ0n) is 16.2. The van der Waals surface area contributed by atoms with E-state index in [1.807, 2.05) is 0 Å². The maximum atomic E-state index is 13.5. The Hall–Kier alpha value is -2.68. The first kappa shape index (κ1) is 21.5. The second kappa shape index (κ2) is 8.45. The van der Waals surface area contributed by atoms with E-state index in [1.54, 1.807) is 54.6 Å². The molecule has 0 spiro atoms. The van der Waals surface area contributed by atoms with Crippen LogP contribution in [0.1, 0.15) is 15.4 Å². The van der Waals surface area contributed by atoms with Crippen molar-refractivity contribution < 1.29 is 17.6 Å². The number of carbonyl (C=O) groups excluding carboxylic acids is 1. The Morgan fingerprint density at radius 1 is 0.968 bits per heavy atom. The monoisotopic (exact) mass is 515 g/mol. The second-order valence-electron chi connectivity index (χ2n) is 6.81. The summed E-state index contributed by atoms with van der Waals surface area (Å²) in [5.41, 5.74) is 1.94. The van der Waals surface area contributed by atoms with E-state index in [4.69, 9.17) is 0 Å². The minimum Gasteiger partial charge on any atom is -0.286 e. The molecule has 0 fully saturated rings. The fraction of sp³-hybridized carbons (Fsp3) is 0.0435. The van der Waals surface area contributed by atoms with Gasteiger partial charge in [0.25, 0.3) is 0 Å². The van der Waals surface area contributed by atoms with Gasteiger partial charge in [0.05, 0.1) is 15.5 Å². The number of nitrogens with zero attached hydrogens (tertiary/aromatic N) is 1. The van der Waals surface area contributed by atoms with Crippen LogP contribution in [0.25, 0.3) is 21.7 Å². The zero-order valence-corrected chi connectivity index (χ0v) is 19.4. The summed E-state index contributed by atoms with van der Waals surface area (Å²) in [6, 6.07) is 19.2. The number of hydrogen-bond acceptors (Lipinski definition) is 5. The van der Waals surface area contributed by atoms with Gasteiger partial charge in [0.2, 0.25) is 5.78 Å². The van der Waals surface area contributed by atoms with E-state index in [1.165, 1.54) is 18.2 Å². The highest BCUT2D eigenvalue weighted by atomic mass is 79.9. The van der Waals surface area contributed by atoms with Crippen LogP contribution in [0, 0.1) is 5.82 Å². The molecule has 1 heterocycles. The summed E-state index contributed by atoms with van der Waals surface area (Å²) in [7, 11) is -3.53. The maximum Gasteiger partial charge on any atom is 0.221 e. The molecule has 31 heavy (non-hydrogen) atoms. The highest BCUT2D eigenvalue weighted by molar-refractivity contribution is 9.10. The van der Waals surface area contributed by atoms with Crippen molar-refractivity contribution in [2.24, 2.45) is 0 Å². The van der Waals surface area contributed by atoms with Crippen molar-refractivity contribution >= 4 is 42.9 Å². The summed E-state index contributed by atoms with van der Waals surface area (Å²) in [6.45, 7) is 0. The van der Waals surface area contributed by atoms with Gasteiger partial charge in [0, 0.05) is 27.4 Å². The molecule has 4 nitrogen and oxygen atoms in total.